The van der Waals surface area contributed by atoms with Gasteiger partial charge in [-0.15, -0.1) is 0 Å². The lowest BCUT2D eigenvalue weighted by Gasteiger charge is -2.27. The summed E-state index contributed by atoms with van der Waals surface area (Å²) in [4.78, 5) is 16.9. The van der Waals surface area contributed by atoms with E-state index in [9.17, 15) is 9.18 Å². The highest BCUT2D eigenvalue weighted by molar-refractivity contribution is 5.97. The number of hydrogen-bond acceptors (Lipinski definition) is 5. The van der Waals surface area contributed by atoms with Crippen molar-refractivity contribution in [1.29, 1.82) is 0 Å². The quantitative estimate of drug-likeness (QED) is 0.937. The maximum atomic E-state index is 13.5. The molecule has 0 saturated heterocycles. The molecule has 1 aliphatic carbocycles. The molecule has 1 aromatic heterocycles. The van der Waals surface area contributed by atoms with E-state index >= 15 is 0 Å². The highest BCUT2D eigenvalue weighted by atomic mass is 19.1. The first-order valence-corrected chi connectivity index (χ1v) is 7.51. The van der Waals surface area contributed by atoms with Gasteiger partial charge in [-0.2, -0.15) is 4.98 Å². The number of aromatic nitrogens is 2. The summed E-state index contributed by atoms with van der Waals surface area (Å²) in [6.45, 7) is 1.70. The number of amides is 1. The topological polar surface area (TPSA) is 77.2 Å². The smallest absolute Gasteiger partial charge is 0.255 e. The molecule has 1 saturated carbocycles. The number of aryl methyl sites for hydroxylation is 1. The van der Waals surface area contributed by atoms with Gasteiger partial charge in [0.1, 0.15) is 17.1 Å². The molecule has 0 atom stereocenters. The Labute approximate surface area is 133 Å². The SMILES string of the molecule is COc1ccc(F)cc1C(=O)NC1(c2noc(C)n2)CCCC1. The van der Waals surface area contributed by atoms with E-state index in [4.69, 9.17) is 9.26 Å². The van der Waals surface area contributed by atoms with Crippen molar-refractivity contribution in [3.8, 4) is 5.75 Å². The van der Waals surface area contributed by atoms with E-state index < -0.39 is 17.3 Å². The van der Waals surface area contributed by atoms with Crippen LogP contribution in [-0.4, -0.2) is 23.2 Å². The molecule has 1 N–H and O–H groups in total. The van der Waals surface area contributed by atoms with Gasteiger partial charge < -0.3 is 14.6 Å². The largest absolute Gasteiger partial charge is 0.496 e. The molecule has 0 unspecified atom stereocenters. The first-order valence-electron chi connectivity index (χ1n) is 7.51. The minimum absolute atomic E-state index is 0.152. The number of benzene rings is 1. The van der Waals surface area contributed by atoms with Gasteiger partial charge in [0.15, 0.2) is 5.82 Å². The Morgan fingerprint density at radius 3 is 2.74 bits per heavy atom. The number of nitrogens with zero attached hydrogens (tertiary/aromatic N) is 2. The molecule has 7 heteroatoms. The number of nitrogens with one attached hydrogen (secondary N) is 1. The maximum absolute atomic E-state index is 13.5. The second-order valence-electron chi connectivity index (χ2n) is 5.72. The predicted molar refractivity (Wildman–Crippen MR) is 79.6 cm³/mol. The van der Waals surface area contributed by atoms with Crippen LogP contribution in [0.4, 0.5) is 4.39 Å². The normalized spacial score (nSPS) is 16.3. The number of carbonyl (C=O) groups excluding carboxylic acids is 1. The number of hydrogen-bond donors (Lipinski definition) is 1. The molecule has 1 heterocycles. The van der Waals surface area contributed by atoms with Gasteiger partial charge in [-0.25, -0.2) is 4.39 Å². The second kappa shape index (κ2) is 5.98. The number of carbonyl (C=O) groups is 1. The van der Waals surface area contributed by atoms with Crippen molar-refractivity contribution in [2.24, 2.45) is 0 Å². The van der Waals surface area contributed by atoms with E-state index in [1.165, 1.54) is 19.2 Å². The van der Waals surface area contributed by atoms with Gasteiger partial charge in [-0.1, -0.05) is 18.0 Å². The summed E-state index contributed by atoms with van der Waals surface area (Å²) in [5.41, 5.74) is -0.523. The molecule has 23 heavy (non-hydrogen) atoms. The Morgan fingerprint density at radius 2 is 2.13 bits per heavy atom. The Hall–Kier alpha value is -2.44. The fraction of sp³-hybridized carbons (Fsp3) is 0.438. The van der Waals surface area contributed by atoms with E-state index in [0.717, 1.165) is 31.7 Å². The molecule has 1 amide bonds. The molecule has 1 aromatic carbocycles. The third kappa shape index (κ3) is 2.91. The number of ether oxygens (including phenoxy) is 1. The van der Waals surface area contributed by atoms with E-state index in [1.807, 2.05) is 0 Å². The summed E-state index contributed by atoms with van der Waals surface area (Å²) in [6, 6.07) is 3.85. The highest BCUT2D eigenvalue weighted by Gasteiger charge is 2.41. The van der Waals surface area contributed by atoms with Gasteiger partial charge in [0.2, 0.25) is 5.89 Å². The summed E-state index contributed by atoms with van der Waals surface area (Å²) in [7, 11) is 1.44. The Morgan fingerprint density at radius 1 is 1.39 bits per heavy atom. The standard InChI is InChI=1S/C16H18FN3O3/c1-10-18-15(20-23-10)16(7-3-4-8-16)19-14(21)12-9-11(17)5-6-13(12)22-2/h5-6,9H,3-4,7-8H2,1-2H3,(H,19,21). The van der Waals surface area contributed by atoms with Gasteiger partial charge in [0.25, 0.3) is 5.91 Å². The molecule has 6 nitrogen and oxygen atoms in total. The van der Waals surface area contributed by atoms with Gasteiger partial charge in [0, 0.05) is 6.92 Å². The predicted octanol–water partition coefficient (Wildman–Crippen LogP) is 2.73. The van der Waals surface area contributed by atoms with Crippen molar-refractivity contribution in [1.82, 2.24) is 15.5 Å². The first-order chi connectivity index (χ1) is 11.0. The Kier molecular flexibility index (Phi) is 4.02. The third-order valence-corrected chi connectivity index (χ3v) is 4.17. The Bertz CT molecular complexity index is 723. The van der Waals surface area contributed by atoms with Crippen LogP contribution in [0.3, 0.4) is 0 Å². The van der Waals surface area contributed by atoms with Gasteiger partial charge in [-0.05, 0) is 31.0 Å². The van der Waals surface area contributed by atoms with Crippen LogP contribution in [0, 0.1) is 12.7 Å². The lowest BCUT2D eigenvalue weighted by molar-refractivity contribution is 0.0888. The fourth-order valence-corrected chi connectivity index (χ4v) is 3.02. The molecule has 1 aliphatic rings. The number of rotatable bonds is 4. The highest BCUT2D eigenvalue weighted by Crippen LogP contribution is 2.37. The lowest BCUT2D eigenvalue weighted by atomic mass is 9.95. The summed E-state index contributed by atoms with van der Waals surface area (Å²) in [5.74, 6) is 0.332. The zero-order valence-corrected chi connectivity index (χ0v) is 13.1. The molecular weight excluding hydrogens is 301 g/mol. The minimum Gasteiger partial charge on any atom is -0.496 e. The second-order valence-corrected chi connectivity index (χ2v) is 5.72. The minimum atomic E-state index is -0.674. The van der Waals surface area contributed by atoms with Crippen LogP contribution < -0.4 is 10.1 Å². The van der Waals surface area contributed by atoms with Crippen LogP contribution in [0.15, 0.2) is 22.7 Å². The summed E-state index contributed by atoms with van der Waals surface area (Å²) >= 11 is 0. The first kappa shape index (κ1) is 15.5. The van der Waals surface area contributed by atoms with Crippen molar-refractivity contribution in [3.05, 3.63) is 41.3 Å². The molecule has 2 aromatic rings. The monoisotopic (exact) mass is 319 g/mol. The average molecular weight is 319 g/mol. The van der Waals surface area contributed by atoms with Crippen LogP contribution in [0.5, 0.6) is 5.75 Å². The van der Waals surface area contributed by atoms with Crippen molar-refractivity contribution in [3.63, 3.8) is 0 Å². The fourth-order valence-electron chi connectivity index (χ4n) is 3.02. The molecule has 1 fully saturated rings. The number of halogens is 1. The maximum Gasteiger partial charge on any atom is 0.255 e. The van der Waals surface area contributed by atoms with Crippen molar-refractivity contribution in [2.45, 2.75) is 38.1 Å². The van der Waals surface area contributed by atoms with E-state index in [1.54, 1.807) is 6.92 Å². The molecule has 0 aliphatic heterocycles. The molecule has 0 bridgehead atoms. The van der Waals surface area contributed by atoms with Crippen LogP contribution in [0.25, 0.3) is 0 Å². The van der Waals surface area contributed by atoms with Crippen LogP contribution in [0.1, 0.15) is 47.8 Å². The van der Waals surface area contributed by atoms with Gasteiger partial charge >= 0.3 is 0 Å². The van der Waals surface area contributed by atoms with Gasteiger partial charge in [-0.3, -0.25) is 4.79 Å². The van der Waals surface area contributed by atoms with Crippen molar-refractivity contribution in [2.75, 3.05) is 7.11 Å². The third-order valence-electron chi connectivity index (χ3n) is 4.17. The molecule has 0 spiro atoms. The summed E-state index contributed by atoms with van der Waals surface area (Å²) in [5, 5.41) is 6.94. The van der Waals surface area contributed by atoms with E-state index in [-0.39, 0.29) is 5.56 Å². The lowest BCUT2D eigenvalue weighted by Crippen LogP contribution is -2.44. The zero-order chi connectivity index (χ0) is 16.4. The average Bonchev–Trinajstić information content (AvgIpc) is 3.17. The molecule has 3 rings (SSSR count). The summed E-state index contributed by atoms with van der Waals surface area (Å²) in [6.07, 6.45) is 3.34. The van der Waals surface area contributed by atoms with Gasteiger partial charge in [0.05, 0.1) is 12.7 Å². The van der Waals surface area contributed by atoms with Crippen LogP contribution in [-0.2, 0) is 5.54 Å². The van der Waals surface area contributed by atoms with Crippen molar-refractivity contribution >= 4 is 5.91 Å². The molecule has 122 valence electrons. The summed E-state index contributed by atoms with van der Waals surface area (Å²) < 4.78 is 23.7. The number of methoxy groups -OCH3 is 1. The zero-order valence-electron chi connectivity index (χ0n) is 13.1. The van der Waals surface area contributed by atoms with Crippen LogP contribution >= 0.6 is 0 Å². The molecular formula is C16H18FN3O3. The van der Waals surface area contributed by atoms with Crippen LogP contribution in [0.2, 0.25) is 0 Å². The van der Waals surface area contributed by atoms with Crippen molar-refractivity contribution < 1.29 is 18.4 Å². The Balaban J connectivity index is 1.92. The molecule has 0 radical (unpaired) electrons. The van der Waals surface area contributed by atoms with E-state index in [2.05, 4.69) is 15.5 Å². The van der Waals surface area contributed by atoms with E-state index in [0.29, 0.717) is 17.5 Å².